The van der Waals surface area contributed by atoms with Crippen molar-refractivity contribution < 1.29 is 28.4 Å². The van der Waals surface area contributed by atoms with Crippen LogP contribution in [0.2, 0.25) is 0 Å². The van der Waals surface area contributed by atoms with E-state index in [2.05, 4.69) is 27.5 Å². The highest BCUT2D eigenvalue weighted by Crippen LogP contribution is 2.38. The number of rotatable bonds is 8. The highest BCUT2D eigenvalue weighted by atomic mass is 32.1. The molecule has 190 valence electrons. The second kappa shape index (κ2) is 11.0. The molecule has 4 rings (SSSR count). The predicted octanol–water partition coefficient (Wildman–Crippen LogP) is 4.27. The molecule has 1 aliphatic heterocycles. The third-order valence-corrected chi connectivity index (χ3v) is 7.12. The lowest BCUT2D eigenvalue weighted by atomic mass is 10.0. The fraction of sp³-hybridized carbons (Fsp3) is 0.385. The standard InChI is InChI=1S/C26H29N3O6S/c1-5-33-25(31)22-19-11-12-29(13-18-9-7-6-8-10-18)14-20(19)36-24(22)27-23(30)17(4)34-26(32)21-15(2)28-35-16(21)3/h6-10,17H,5,11-14H2,1-4H3,(H,27,30)/t17-/m1/s1. The summed E-state index contributed by atoms with van der Waals surface area (Å²) in [6.07, 6.45) is -0.436. The third kappa shape index (κ3) is 5.50. The van der Waals surface area contributed by atoms with E-state index >= 15 is 0 Å². The molecule has 0 saturated heterocycles. The zero-order chi connectivity index (χ0) is 25.8. The van der Waals surface area contributed by atoms with Crippen LogP contribution in [-0.4, -0.2) is 47.2 Å². The van der Waals surface area contributed by atoms with E-state index < -0.39 is 23.9 Å². The summed E-state index contributed by atoms with van der Waals surface area (Å²) in [5.74, 6) is -1.38. The van der Waals surface area contributed by atoms with Crippen LogP contribution in [-0.2, 0) is 33.8 Å². The van der Waals surface area contributed by atoms with Gasteiger partial charge in [0.05, 0.1) is 17.9 Å². The Hall–Kier alpha value is -3.50. The number of carbonyl (C=O) groups is 3. The third-order valence-electron chi connectivity index (χ3n) is 5.99. The van der Waals surface area contributed by atoms with Crippen molar-refractivity contribution in [2.75, 3.05) is 18.5 Å². The van der Waals surface area contributed by atoms with Crippen molar-refractivity contribution >= 4 is 34.2 Å². The first kappa shape index (κ1) is 25.6. The van der Waals surface area contributed by atoms with Gasteiger partial charge in [-0.2, -0.15) is 0 Å². The smallest absolute Gasteiger partial charge is 0.344 e. The molecule has 0 unspecified atom stereocenters. The van der Waals surface area contributed by atoms with Gasteiger partial charge in [-0.1, -0.05) is 35.5 Å². The maximum absolute atomic E-state index is 13.0. The number of nitrogens with one attached hydrogen (secondary N) is 1. The minimum atomic E-state index is -1.10. The van der Waals surface area contributed by atoms with Gasteiger partial charge in [0.1, 0.15) is 16.3 Å². The molecule has 1 aromatic carbocycles. The largest absolute Gasteiger partial charge is 0.462 e. The molecule has 0 fully saturated rings. The number of hydrogen-bond acceptors (Lipinski definition) is 9. The van der Waals surface area contributed by atoms with Crippen LogP contribution < -0.4 is 5.32 Å². The number of anilines is 1. The number of amides is 1. The molecular formula is C26H29N3O6S. The van der Waals surface area contributed by atoms with Crippen LogP contribution in [0.3, 0.4) is 0 Å². The quantitative estimate of drug-likeness (QED) is 0.447. The topological polar surface area (TPSA) is 111 Å². The Kier molecular flexibility index (Phi) is 7.85. The van der Waals surface area contributed by atoms with Gasteiger partial charge < -0.3 is 19.3 Å². The Labute approximate surface area is 213 Å². The van der Waals surface area contributed by atoms with Crippen molar-refractivity contribution in [2.24, 2.45) is 0 Å². The molecule has 3 aromatic rings. The predicted molar refractivity (Wildman–Crippen MR) is 134 cm³/mol. The molecule has 3 heterocycles. The molecule has 36 heavy (non-hydrogen) atoms. The minimum Gasteiger partial charge on any atom is -0.462 e. The van der Waals surface area contributed by atoms with Gasteiger partial charge in [0.2, 0.25) is 0 Å². The zero-order valence-corrected chi connectivity index (χ0v) is 21.6. The second-order valence-corrected chi connectivity index (χ2v) is 9.72. The van der Waals surface area contributed by atoms with Crippen LogP contribution in [0.1, 0.15) is 62.0 Å². The number of benzene rings is 1. The number of ether oxygens (including phenoxy) is 2. The number of hydrogen-bond donors (Lipinski definition) is 1. The van der Waals surface area contributed by atoms with Gasteiger partial charge in [-0.15, -0.1) is 11.3 Å². The first-order valence-electron chi connectivity index (χ1n) is 11.8. The molecule has 0 saturated carbocycles. The van der Waals surface area contributed by atoms with Gasteiger partial charge in [-0.3, -0.25) is 9.69 Å². The number of nitrogens with zero attached hydrogens (tertiary/aromatic N) is 2. The summed E-state index contributed by atoms with van der Waals surface area (Å²) in [5.41, 5.74) is 3.09. The van der Waals surface area contributed by atoms with Gasteiger partial charge >= 0.3 is 11.9 Å². The summed E-state index contributed by atoms with van der Waals surface area (Å²) >= 11 is 1.36. The van der Waals surface area contributed by atoms with Crippen molar-refractivity contribution in [1.29, 1.82) is 0 Å². The maximum Gasteiger partial charge on any atom is 0.344 e. The van der Waals surface area contributed by atoms with Gasteiger partial charge in [-0.05, 0) is 45.2 Å². The van der Waals surface area contributed by atoms with E-state index in [1.807, 2.05) is 18.2 Å². The van der Waals surface area contributed by atoms with E-state index in [1.54, 1.807) is 20.8 Å². The molecule has 9 nitrogen and oxygen atoms in total. The Morgan fingerprint density at radius 1 is 1.17 bits per heavy atom. The van der Waals surface area contributed by atoms with Crippen LogP contribution in [0.25, 0.3) is 0 Å². The normalized spacial score (nSPS) is 14.1. The van der Waals surface area contributed by atoms with Crippen LogP contribution in [0.4, 0.5) is 5.00 Å². The molecule has 0 bridgehead atoms. The van der Waals surface area contributed by atoms with Crippen molar-refractivity contribution in [3.05, 3.63) is 68.9 Å². The maximum atomic E-state index is 13.0. The van der Waals surface area contributed by atoms with E-state index in [4.69, 9.17) is 14.0 Å². The summed E-state index contributed by atoms with van der Waals surface area (Å²) in [5, 5.41) is 6.95. The van der Waals surface area contributed by atoms with Gasteiger partial charge in [0.15, 0.2) is 6.10 Å². The molecule has 1 aliphatic rings. The Morgan fingerprint density at radius 2 is 1.92 bits per heavy atom. The average molecular weight is 512 g/mol. The molecule has 10 heteroatoms. The number of aromatic nitrogens is 1. The molecule has 1 atom stereocenters. The SMILES string of the molecule is CCOC(=O)c1c(NC(=O)[C@@H](C)OC(=O)c2c(C)noc2C)sc2c1CCN(Cc1ccccc1)C2. The molecule has 1 N–H and O–H groups in total. The lowest BCUT2D eigenvalue weighted by molar-refractivity contribution is -0.123. The monoisotopic (exact) mass is 511 g/mol. The number of thiophene rings is 1. The molecular weight excluding hydrogens is 482 g/mol. The van der Waals surface area contributed by atoms with Gasteiger partial charge in [0.25, 0.3) is 5.91 Å². The lowest BCUT2D eigenvalue weighted by Crippen LogP contribution is -2.31. The van der Waals surface area contributed by atoms with Crippen LogP contribution in [0.5, 0.6) is 0 Å². The highest BCUT2D eigenvalue weighted by Gasteiger charge is 2.31. The van der Waals surface area contributed by atoms with Crippen molar-refractivity contribution in [2.45, 2.75) is 53.3 Å². The first-order valence-corrected chi connectivity index (χ1v) is 12.6. The fourth-order valence-corrected chi connectivity index (χ4v) is 5.48. The summed E-state index contributed by atoms with van der Waals surface area (Å²) in [7, 11) is 0. The average Bonchev–Trinajstić information content (AvgIpc) is 3.37. The summed E-state index contributed by atoms with van der Waals surface area (Å²) < 4.78 is 15.7. The van der Waals surface area contributed by atoms with E-state index in [9.17, 15) is 14.4 Å². The fourth-order valence-electron chi connectivity index (χ4n) is 4.20. The van der Waals surface area contributed by atoms with E-state index in [-0.39, 0.29) is 12.2 Å². The van der Waals surface area contributed by atoms with Crippen molar-refractivity contribution in [1.82, 2.24) is 10.1 Å². The Bertz CT molecular complexity index is 1250. The number of esters is 2. The second-order valence-electron chi connectivity index (χ2n) is 8.61. The number of aryl methyl sites for hydroxylation is 2. The first-order chi connectivity index (χ1) is 17.3. The number of fused-ring (bicyclic) bond motifs is 1. The molecule has 0 spiro atoms. The lowest BCUT2D eigenvalue weighted by Gasteiger charge is -2.27. The van der Waals surface area contributed by atoms with E-state index in [0.29, 0.717) is 35.0 Å². The summed E-state index contributed by atoms with van der Waals surface area (Å²) in [6, 6.07) is 10.2. The van der Waals surface area contributed by atoms with Crippen LogP contribution in [0.15, 0.2) is 34.9 Å². The number of carbonyl (C=O) groups excluding carboxylic acids is 3. The van der Waals surface area contributed by atoms with E-state index in [1.165, 1.54) is 23.8 Å². The molecule has 2 aromatic heterocycles. The summed E-state index contributed by atoms with van der Waals surface area (Å²) in [4.78, 5) is 41.7. The van der Waals surface area contributed by atoms with Crippen molar-refractivity contribution in [3.63, 3.8) is 0 Å². The minimum absolute atomic E-state index is 0.201. The van der Waals surface area contributed by atoms with Crippen LogP contribution >= 0.6 is 11.3 Å². The summed E-state index contributed by atoms with van der Waals surface area (Å²) in [6.45, 7) is 8.91. The van der Waals surface area contributed by atoms with Crippen LogP contribution in [0, 0.1) is 13.8 Å². The Balaban J connectivity index is 1.51. The zero-order valence-electron chi connectivity index (χ0n) is 20.8. The van der Waals surface area contributed by atoms with E-state index in [0.717, 1.165) is 23.5 Å². The Morgan fingerprint density at radius 3 is 2.58 bits per heavy atom. The van der Waals surface area contributed by atoms with Gasteiger partial charge in [-0.25, -0.2) is 9.59 Å². The molecule has 0 radical (unpaired) electrons. The highest BCUT2D eigenvalue weighted by molar-refractivity contribution is 7.17. The molecule has 1 amide bonds. The van der Waals surface area contributed by atoms with Gasteiger partial charge in [0, 0.05) is 24.5 Å². The van der Waals surface area contributed by atoms with Crippen molar-refractivity contribution in [3.8, 4) is 0 Å². The molecule has 0 aliphatic carbocycles.